The summed E-state index contributed by atoms with van der Waals surface area (Å²) in [5.41, 5.74) is 6.63. The third kappa shape index (κ3) is 4.10. The molecule has 1 fully saturated rings. The zero-order valence-corrected chi connectivity index (χ0v) is 12.5. The number of nitrogens with zero attached hydrogens (tertiary/aromatic N) is 2. The first-order valence-electron chi connectivity index (χ1n) is 7.12. The summed E-state index contributed by atoms with van der Waals surface area (Å²) in [7, 11) is 0. The van der Waals surface area contributed by atoms with Gasteiger partial charge in [-0.3, -0.25) is 4.90 Å². The van der Waals surface area contributed by atoms with E-state index in [9.17, 15) is 4.39 Å². The van der Waals surface area contributed by atoms with E-state index >= 15 is 0 Å². The fourth-order valence-corrected chi connectivity index (χ4v) is 2.21. The number of halogens is 1. The van der Waals surface area contributed by atoms with Crippen LogP contribution >= 0.6 is 0 Å². The van der Waals surface area contributed by atoms with E-state index in [4.69, 9.17) is 5.73 Å². The van der Waals surface area contributed by atoms with E-state index < -0.39 is 0 Å². The molecule has 1 saturated heterocycles. The van der Waals surface area contributed by atoms with Crippen molar-refractivity contribution < 1.29 is 4.39 Å². The van der Waals surface area contributed by atoms with Gasteiger partial charge in [0.05, 0.1) is 5.69 Å². The summed E-state index contributed by atoms with van der Waals surface area (Å²) >= 11 is 0. The molecule has 1 aromatic rings. The topological polar surface area (TPSA) is 32.5 Å². The third-order valence-electron chi connectivity index (χ3n) is 3.39. The second kappa shape index (κ2) is 7.34. The molecule has 0 saturated carbocycles. The Hall–Kier alpha value is -1.29. The van der Waals surface area contributed by atoms with Crippen LogP contribution in [0.2, 0.25) is 0 Å². The number of piperazine rings is 1. The van der Waals surface area contributed by atoms with Crippen molar-refractivity contribution in [3.05, 3.63) is 24.0 Å². The van der Waals surface area contributed by atoms with Crippen molar-refractivity contribution in [3.63, 3.8) is 0 Å². The lowest BCUT2D eigenvalue weighted by molar-refractivity contribution is 0.209. The molecule has 0 bridgehead atoms. The van der Waals surface area contributed by atoms with Gasteiger partial charge in [0.1, 0.15) is 5.82 Å². The Morgan fingerprint density at radius 3 is 2.16 bits per heavy atom. The van der Waals surface area contributed by atoms with Gasteiger partial charge < -0.3 is 10.6 Å². The van der Waals surface area contributed by atoms with E-state index in [1.165, 1.54) is 6.07 Å². The second-order valence-electron chi connectivity index (χ2n) is 4.82. The smallest absolute Gasteiger partial charge is 0.148 e. The molecule has 0 atom stereocenters. The van der Waals surface area contributed by atoms with Crippen LogP contribution in [-0.2, 0) is 0 Å². The Morgan fingerprint density at radius 2 is 1.68 bits per heavy atom. The fraction of sp³-hybridized carbons (Fsp3) is 0.600. The lowest BCUT2D eigenvalue weighted by Crippen LogP contribution is -2.48. The van der Waals surface area contributed by atoms with Crippen molar-refractivity contribution in [2.24, 2.45) is 0 Å². The molecule has 0 aliphatic carbocycles. The summed E-state index contributed by atoms with van der Waals surface area (Å²) in [5, 5.41) is 0. The van der Waals surface area contributed by atoms with Crippen LogP contribution in [0.15, 0.2) is 18.2 Å². The van der Waals surface area contributed by atoms with Crippen molar-refractivity contribution in [3.8, 4) is 0 Å². The average molecular weight is 267 g/mol. The third-order valence-corrected chi connectivity index (χ3v) is 3.39. The van der Waals surface area contributed by atoms with Gasteiger partial charge >= 0.3 is 0 Å². The highest BCUT2D eigenvalue weighted by molar-refractivity contribution is 5.54. The molecule has 0 amide bonds. The first kappa shape index (κ1) is 15.8. The molecule has 2 N–H and O–H groups in total. The van der Waals surface area contributed by atoms with Crippen molar-refractivity contribution >= 4 is 11.4 Å². The maximum Gasteiger partial charge on any atom is 0.148 e. The van der Waals surface area contributed by atoms with Crippen LogP contribution in [0.25, 0.3) is 0 Å². The van der Waals surface area contributed by atoms with Crippen LogP contribution in [0.4, 0.5) is 15.8 Å². The van der Waals surface area contributed by atoms with Crippen molar-refractivity contribution in [1.82, 2.24) is 4.90 Å². The molecule has 2 rings (SSSR count). The zero-order chi connectivity index (χ0) is 14.4. The first-order valence-corrected chi connectivity index (χ1v) is 7.12. The minimum Gasteiger partial charge on any atom is -0.396 e. The molecule has 108 valence electrons. The molecular weight excluding hydrogens is 241 g/mol. The number of benzene rings is 1. The summed E-state index contributed by atoms with van der Waals surface area (Å²) < 4.78 is 13.4. The van der Waals surface area contributed by atoms with Crippen LogP contribution in [0.3, 0.4) is 0 Å². The Bertz CT molecular complexity index is 385. The minimum atomic E-state index is -0.325. The second-order valence-corrected chi connectivity index (χ2v) is 4.82. The van der Waals surface area contributed by atoms with Crippen LogP contribution < -0.4 is 10.6 Å². The predicted molar refractivity (Wildman–Crippen MR) is 81.1 cm³/mol. The molecule has 19 heavy (non-hydrogen) atoms. The number of anilines is 2. The molecule has 1 heterocycles. The maximum absolute atomic E-state index is 13.4. The quantitative estimate of drug-likeness (QED) is 0.836. The lowest BCUT2D eigenvalue weighted by atomic mass is 10.2. The number of nitrogen functional groups attached to an aromatic ring is 1. The minimum absolute atomic E-state index is 0.217. The average Bonchev–Trinajstić information content (AvgIpc) is 2.44. The normalized spacial score (nSPS) is 16.2. The van der Waals surface area contributed by atoms with Gasteiger partial charge in [-0.15, -0.1) is 0 Å². The van der Waals surface area contributed by atoms with E-state index in [1.807, 2.05) is 19.9 Å². The van der Waals surface area contributed by atoms with Gasteiger partial charge in [0.25, 0.3) is 0 Å². The van der Waals surface area contributed by atoms with E-state index in [-0.39, 0.29) is 11.5 Å². The molecule has 0 radical (unpaired) electrons. The highest BCUT2D eigenvalue weighted by atomic mass is 19.1. The van der Waals surface area contributed by atoms with Crippen LogP contribution in [0.1, 0.15) is 27.7 Å². The van der Waals surface area contributed by atoms with Gasteiger partial charge in [0, 0.05) is 37.9 Å². The Kier molecular flexibility index (Phi) is 6.09. The molecule has 0 spiro atoms. The number of hydrogen-bond donors (Lipinski definition) is 1. The number of nitrogens with two attached hydrogens (primary N) is 1. The molecule has 0 aromatic heterocycles. The number of rotatable bonds is 2. The standard InChI is InChI=1S/C13H20FN3.C2H6/c1-10(2)16-5-7-17(8-6-16)11-3-4-13(15)12(14)9-11;1-2/h3-4,9-10H,5-8,15H2,1-2H3;1-2H3. The highest BCUT2D eigenvalue weighted by Gasteiger charge is 2.19. The Balaban J connectivity index is 0.000000861. The molecule has 1 aliphatic heterocycles. The van der Waals surface area contributed by atoms with Crippen molar-refractivity contribution in [1.29, 1.82) is 0 Å². The molecule has 4 heteroatoms. The van der Waals surface area contributed by atoms with Crippen molar-refractivity contribution in [2.45, 2.75) is 33.7 Å². The molecule has 1 aromatic carbocycles. The van der Waals surface area contributed by atoms with Gasteiger partial charge in [0.2, 0.25) is 0 Å². The SMILES string of the molecule is CC.CC(C)N1CCN(c2ccc(N)c(F)c2)CC1. The monoisotopic (exact) mass is 267 g/mol. The lowest BCUT2D eigenvalue weighted by Gasteiger charge is -2.38. The molecular formula is C15H26FN3. The van der Waals surface area contributed by atoms with E-state index in [0.717, 1.165) is 31.9 Å². The summed E-state index contributed by atoms with van der Waals surface area (Å²) in [6.07, 6.45) is 0. The summed E-state index contributed by atoms with van der Waals surface area (Å²) in [4.78, 5) is 4.64. The Labute approximate surface area is 116 Å². The van der Waals surface area contributed by atoms with Crippen LogP contribution in [0, 0.1) is 5.82 Å². The van der Waals surface area contributed by atoms with Gasteiger partial charge in [-0.25, -0.2) is 4.39 Å². The number of hydrogen-bond acceptors (Lipinski definition) is 3. The Morgan fingerprint density at radius 1 is 1.11 bits per heavy atom. The molecule has 1 aliphatic rings. The molecule has 3 nitrogen and oxygen atoms in total. The zero-order valence-electron chi connectivity index (χ0n) is 12.5. The first-order chi connectivity index (χ1) is 9.08. The summed E-state index contributed by atoms with van der Waals surface area (Å²) in [6, 6.07) is 5.64. The van der Waals surface area contributed by atoms with E-state index in [0.29, 0.717) is 6.04 Å². The maximum atomic E-state index is 13.4. The fourth-order valence-electron chi connectivity index (χ4n) is 2.21. The van der Waals surface area contributed by atoms with Gasteiger partial charge in [-0.2, -0.15) is 0 Å². The van der Waals surface area contributed by atoms with E-state index in [1.54, 1.807) is 6.07 Å². The van der Waals surface area contributed by atoms with Gasteiger partial charge in [-0.1, -0.05) is 13.8 Å². The highest BCUT2D eigenvalue weighted by Crippen LogP contribution is 2.21. The summed E-state index contributed by atoms with van der Waals surface area (Å²) in [5.74, 6) is -0.325. The summed E-state index contributed by atoms with van der Waals surface area (Å²) in [6.45, 7) is 12.4. The molecule has 0 unspecified atom stereocenters. The largest absolute Gasteiger partial charge is 0.396 e. The van der Waals surface area contributed by atoms with Crippen LogP contribution in [-0.4, -0.2) is 37.1 Å². The van der Waals surface area contributed by atoms with E-state index in [2.05, 4.69) is 23.6 Å². The van der Waals surface area contributed by atoms with Gasteiger partial charge in [-0.05, 0) is 32.0 Å². The van der Waals surface area contributed by atoms with Gasteiger partial charge in [0.15, 0.2) is 0 Å². The van der Waals surface area contributed by atoms with Crippen LogP contribution in [0.5, 0.6) is 0 Å². The van der Waals surface area contributed by atoms with Crippen molar-refractivity contribution in [2.75, 3.05) is 36.8 Å². The predicted octanol–water partition coefficient (Wildman–Crippen LogP) is 2.96.